The molecule has 0 aliphatic carbocycles. The summed E-state index contributed by atoms with van der Waals surface area (Å²) in [4.78, 5) is 6.78. The molecule has 8 heteroatoms. The molecule has 1 aliphatic heterocycles. The lowest BCUT2D eigenvalue weighted by atomic mass is 10.2. The number of hydrogen-bond acceptors (Lipinski definition) is 4. The van der Waals surface area contributed by atoms with Crippen LogP contribution in [0.5, 0.6) is 0 Å². The van der Waals surface area contributed by atoms with Gasteiger partial charge in [-0.2, -0.15) is 4.31 Å². The number of aromatic nitrogens is 2. The molecule has 0 saturated carbocycles. The van der Waals surface area contributed by atoms with E-state index >= 15 is 0 Å². The fourth-order valence-electron chi connectivity index (χ4n) is 3.69. The Kier molecular flexibility index (Phi) is 6.78. The summed E-state index contributed by atoms with van der Waals surface area (Å²) in [6.07, 6.45) is 4.26. The van der Waals surface area contributed by atoms with Crippen LogP contribution in [0.15, 0.2) is 23.4 Å². The second-order valence-corrected chi connectivity index (χ2v) is 9.29. The summed E-state index contributed by atoms with van der Waals surface area (Å²) in [5, 5.41) is 0.712. The smallest absolute Gasteiger partial charge is 0.277 e. The zero-order valence-electron chi connectivity index (χ0n) is 16.2. The normalized spacial score (nSPS) is 16.9. The van der Waals surface area contributed by atoms with E-state index in [9.17, 15) is 8.42 Å². The van der Waals surface area contributed by atoms with E-state index in [1.807, 2.05) is 6.07 Å². The molecule has 1 aromatic carbocycles. The van der Waals surface area contributed by atoms with Gasteiger partial charge in [0.1, 0.15) is 0 Å². The van der Waals surface area contributed by atoms with Gasteiger partial charge in [-0.15, -0.1) is 0 Å². The van der Waals surface area contributed by atoms with Gasteiger partial charge in [-0.05, 0) is 50.7 Å². The fraction of sp³-hybridized carbons (Fsp3) is 0.632. The first-order valence-electron chi connectivity index (χ1n) is 9.85. The van der Waals surface area contributed by atoms with Crippen molar-refractivity contribution in [2.45, 2.75) is 51.2 Å². The van der Waals surface area contributed by atoms with Crippen molar-refractivity contribution in [2.75, 3.05) is 32.7 Å². The summed E-state index contributed by atoms with van der Waals surface area (Å²) in [5.41, 5.74) is 1.47. The van der Waals surface area contributed by atoms with E-state index < -0.39 is 10.0 Å². The maximum atomic E-state index is 12.9. The summed E-state index contributed by atoms with van der Waals surface area (Å²) < 4.78 is 29.3. The van der Waals surface area contributed by atoms with Gasteiger partial charge in [0, 0.05) is 24.7 Å². The molecule has 0 radical (unpaired) electrons. The number of sulfonamides is 1. The number of halogens is 1. The highest BCUT2D eigenvalue weighted by Gasteiger charge is 2.34. The van der Waals surface area contributed by atoms with E-state index in [4.69, 9.17) is 11.6 Å². The molecule has 1 aliphatic rings. The van der Waals surface area contributed by atoms with Gasteiger partial charge in [-0.25, -0.2) is 13.4 Å². The van der Waals surface area contributed by atoms with E-state index in [1.54, 1.807) is 21.0 Å². The highest BCUT2D eigenvalue weighted by molar-refractivity contribution is 7.89. The molecule has 0 spiro atoms. The second-order valence-electron chi connectivity index (χ2n) is 7.02. The lowest BCUT2D eigenvalue weighted by Crippen LogP contribution is -2.40. The highest BCUT2D eigenvalue weighted by atomic mass is 35.5. The quantitative estimate of drug-likeness (QED) is 0.590. The Morgan fingerprint density at radius 3 is 2.59 bits per heavy atom. The van der Waals surface area contributed by atoms with E-state index in [-0.39, 0.29) is 5.16 Å². The van der Waals surface area contributed by atoms with Gasteiger partial charge in [-0.1, -0.05) is 38.3 Å². The van der Waals surface area contributed by atoms with Crippen molar-refractivity contribution in [1.82, 2.24) is 18.8 Å². The summed E-state index contributed by atoms with van der Waals surface area (Å²) in [6.45, 7) is 9.39. The standard InChI is InChI=1S/C19H29ClN4O2S/c1-3-22(4-2)11-7-5-6-8-12-23-13-14-24-18-10-9-16(20)15-17(18)21-19(24)27(23,25)26/h9-10,15H,3-8,11-14H2,1-2H3. The van der Waals surface area contributed by atoms with Gasteiger partial charge in [0.15, 0.2) is 0 Å². The van der Waals surface area contributed by atoms with Crippen LogP contribution in [0.2, 0.25) is 5.02 Å². The van der Waals surface area contributed by atoms with Crippen LogP contribution >= 0.6 is 11.6 Å². The first kappa shape index (κ1) is 20.6. The van der Waals surface area contributed by atoms with Gasteiger partial charge in [-0.3, -0.25) is 0 Å². The predicted octanol–water partition coefficient (Wildman–Crippen LogP) is 3.60. The molecule has 0 amide bonds. The average molecular weight is 413 g/mol. The lowest BCUT2D eigenvalue weighted by Gasteiger charge is -2.27. The van der Waals surface area contributed by atoms with Crippen LogP contribution in [0.25, 0.3) is 11.0 Å². The lowest BCUT2D eigenvalue weighted by molar-refractivity contribution is 0.293. The summed E-state index contributed by atoms with van der Waals surface area (Å²) in [7, 11) is -3.54. The summed E-state index contributed by atoms with van der Waals surface area (Å²) in [6, 6.07) is 5.34. The van der Waals surface area contributed by atoms with Crippen LogP contribution in [0.4, 0.5) is 0 Å². The van der Waals surface area contributed by atoms with Crippen molar-refractivity contribution >= 4 is 32.7 Å². The topological polar surface area (TPSA) is 58.4 Å². The van der Waals surface area contributed by atoms with Crippen molar-refractivity contribution in [1.29, 1.82) is 0 Å². The number of nitrogens with zero attached hydrogens (tertiary/aromatic N) is 4. The maximum absolute atomic E-state index is 12.9. The predicted molar refractivity (Wildman–Crippen MR) is 110 cm³/mol. The molecule has 27 heavy (non-hydrogen) atoms. The third-order valence-corrected chi connectivity index (χ3v) is 7.40. The molecule has 0 fully saturated rings. The largest absolute Gasteiger partial charge is 0.312 e. The molecule has 3 rings (SSSR count). The van der Waals surface area contributed by atoms with Crippen LogP contribution in [-0.4, -0.2) is 59.9 Å². The van der Waals surface area contributed by atoms with Gasteiger partial charge in [0.05, 0.1) is 11.0 Å². The fourth-order valence-corrected chi connectivity index (χ4v) is 5.46. The maximum Gasteiger partial charge on any atom is 0.277 e. The van der Waals surface area contributed by atoms with Crippen LogP contribution < -0.4 is 0 Å². The Balaban J connectivity index is 1.57. The monoisotopic (exact) mass is 412 g/mol. The average Bonchev–Trinajstić information content (AvgIpc) is 3.02. The van der Waals surface area contributed by atoms with Crippen LogP contribution in [0.1, 0.15) is 39.5 Å². The Bertz CT molecular complexity index is 877. The van der Waals surface area contributed by atoms with Crippen LogP contribution in [-0.2, 0) is 16.6 Å². The van der Waals surface area contributed by atoms with E-state index in [0.29, 0.717) is 30.2 Å². The molecule has 0 N–H and O–H groups in total. The van der Waals surface area contributed by atoms with E-state index in [2.05, 4.69) is 23.7 Å². The molecule has 1 aromatic heterocycles. The minimum absolute atomic E-state index is 0.146. The number of hydrogen-bond donors (Lipinski definition) is 0. The van der Waals surface area contributed by atoms with Crippen molar-refractivity contribution in [3.05, 3.63) is 23.2 Å². The molecule has 2 heterocycles. The molecule has 150 valence electrons. The zero-order valence-corrected chi connectivity index (χ0v) is 17.8. The van der Waals surface area contributed by atoms with Gasteiger partial charge >= 0.3 is 0 Å². The number of fused-ring (bicyclic) bond motifs is 3. The molecule has 0 saturated heterocycles. The van der Waals surface area contributed by atoms with Crippen molar-refractivity contribution in [3.63, 3.8) is 0 Å². The molecule has 0 atom stereocenters. The molecule has 0 unspecified atom stereocenters. The molecular formula is C19H29ClN4O2S. The number of benzene rings is 1. The number of rotatable bonds is 9. The Hall–Kier alpha value is -1.15. The first-order valence-corrected chi connectivity index (χ1v) is 11.7. The van der Waals surface area contributed by atoms with Gasteiger partial charge < -0.3 is 9.47 Å². The first-order chi connectivity index (χ1) is 13.0. The zero-order chi connectivity index (χ0) is 19.4. The SMILES string of the molecule is CCN(CC)CCCCCCN1CCn2c(nc3cc(Cl)ccc32)S1(=O)=O. The second kappa shape index (κ2) is 8.90. The third kappa shape index (κ3) is 4.47. The minimum Gasteiger partial charge on any atom is -0.312 e. The van der Waals surface area contributed by atoms with Crippen LogP contribution in [0, 0.1) is 0 Å². The Morgan fingerprint density at radius 2 is 1.85 bits per heavy atom. The number of unbranched alkanes of at least 4 members (excludes halogenated alkanes) is 3. The van der Waals surface area contributed by atoms with Crippen molar-refractivity contribution < 1.29 is 8.42 Å². The third-order valence-electron chi connectivity index (χ3n) is 5.35. The molecule has 2 aromatic rings. The molecule has 0 bridgehead atoms. The van der Waals surface area contributed by atoms with E-state index in [0.717, 1.165) is 44.4 Å². The van der Waals surface area contributed by atoms with Gasteiger partial charge in [0.25, 0.3) is 10.0 Å². The van der Waals surface area contributed by atoms with E-state index in [1.165, 1.54) is 6.42 Å². The minimum atomic E-state index is -3.54. The molecular weight excluding hydrogens is 384 g/mol. The summed E-state index contributed by atoms with van der Waals surface area (Å²) in [5.74, 6) is 0. The van der Waals surface area contributed by atoms with Crippen molar-refractivity contribution in [2.24, 2.45) is 0 Å². The number of imidazole rings is 1. The Morgan fingerprint density at radius 1 is 1.11 bits per heavy atom. The van der Waals surface area contributed by atoms with Crippen molar-refractivity contribution in [3.8, 4) is 0 Å². The molecule has 6 nitrogen and oxygen atoms in total. The highest BCUT2D eigenvalue weighted by Crippen LogP contribution is 2.28. The Labute approximate surface area is 167 Å². The summed E-state index contributed by atoms with van der Waals surface area (Å²) >= 11 is 6.02. The van der Waals surface area contributed by atoms with Crippen LogP contribution in [0.3, 0.4) is 0 Å². The van der Waals surface area contributed by atoms with Gasteiger partial charge in [0.2, 0.25) is 5.16 Å².